The number of benzene rings is 2. The molecule has 0 aromatic heterocycles. The van der Waals surface area contributed by atoms with Gasteiger partial charge in [0.2, 0.25) is 10.0 Å². The highest BCUT2D eigenvalue weighted by atomic mass is 32.2. The molecule has 0 saturated heterocycles. The topological polar surface area (TPSA) is 84.5 Å². The fraction of sp³-hybridized carbons (Fsp3) is 0.235. The molecule has 1 amide bonds. The molecule has 0 aliphatic heterocycles. The summed E-state index contributed by atoms with van der Waals surface area (Å²) in [5.41, 5.74) is 1.27. The van der Waals surface area contributed by atoms with Crippen LogP contribution in [0.5, 0.6) is 5.75 Å². The van der Waals surface area contributed by atoms with Crippen LogP contribution in [0.1, 0.15) is 15.9 Å². The maximum Gasteiger partial charge on any atom is 0.251 e. The van der Waals surface area contributed by atoms with Crippen molar-refractivity contribution in [3.8, 4) is 5.75 Å². The van der Waals surface area contributed by atoms with E-state index in [0.29, 0.717) is 11.3 Å². The van der Waals surface area contributed by atoms with E-state index in [4.69, 9.17) is 4.74 Å². The summed E-state index contributed by atoms with van der Waals surface area (Å²) in [5.74, 6) is 0.388. The van der Waals surface area contributed by atoms with Gasteiger partial charge in [0, 0.05) is 18.7 Å². The van der Waals surface area contributed by atoms with Crippen LogP contribution >= 0.6 is 0 Å². The molecule has 2 N–H and O–H groups in total. The molecule has 0 spiro atoms. The number of hydrogen-bond donors (Lipinski definition) is 2. The van der Waals surface area contributed by atoms with Crippen LogP contribution in [-0.4, -0.2) is 34.5 Å². The first-order chi connectivity index (χ1) is 11.4. The molecule has 0 bridgehead atoms. The van der Waals surface area contributed by atoms with E-state index in [0.717, 1.165) is 5.56 Å². The molecular formula is C17H20N2O4S. The molecule has 0 unspecified atom stereocenters. The number of ether oxygens (including phenoxy) is 1. The number of carbonyl (C=O) groups excluding carboxylic acids is 1. The summed E-state index contributed by atoms with van der Waals surface area (Å²) in [6.07, 6.45) is 0. The molecule has 0 fully saturated rings. The predicted octanol–water partition coefficient (Wildman–Crippen LogP) is 1.71. The maximum atomic E-state index is 12.2. The lowest BCUT2D eigenvalue weighted by molar-refractivity contribution is 0.0954. The van der Waals surface area contributed by atoms with Crippen molar-refractivity contribution in [2.24, 2.45) is 0 Å². The zero-order valence-corrected chi connectivity index (χ0v) is 14.4. The van der Waals surface area contributed by atoms with Crippen molar-refractivity contribution in [3.05, 3.63) is 59.7 Å². The van der Waals surface area contributed by atoms with Crippen LogP contribution in [0.25, 0.3) is 0 Å². The Kier molecular flexibility index (Phi) is 5.94. The highest BCUT2D eigenvalue weighted by molar-refractivity contribution is 7.89. The van der Waals surface area contributed by atoms with Crippen molar-refractivity contribution in [2.45, 2.75) is 11.8 Å². The molecule has 7 heteroatoms. The average molecular weight is 348 g/mol. The number of amides is 1. The second-order valence-electron chi connectivity index (χ2n) is 5.15. The Hall–Kier alpha value is -2.38. The third kappa shape index (κ3) is 4.56. The number of sulfonamides is 1. The molecule has 0 heterocycles. The van der Waals surface area contributed by atoms with Crippen LogP contribution in [0.2, 0.25) is 0 Å². The Morgan fingerprint density at radius 2 is 1.79 bits per heavy atom. The summed E-state index contributed by atoms with van der Waals surface area (Å²) in [5, 5.41) is 2.67. The minimum atomic E-state index is -3.63. The summed E-state index contributed by atoms with van der Waals surface area (Å²) >= 11 is 0. The quantitative estimate of drug-likeness (QED) is 0.746. The normalized spacial score (nSPS) is 11.1. The van der Waals surface area contributed by atoms with Crippen molar-refractivity contribution < 1.29 is 17.9 Å². The number of hydrogen-bond acceptors (Lipinski definition) is 4. The summed E-state index contributed by atoms with van der Waals surface area (Å²) in [6.45, 7) is 2.08. The van der Waals surface area contributed by atoms with Crippen molar-refractivity contribution in [1.82, 2.24) is 10.0 Å². The Balaban J connectivity index is 1.89. The fourth-order valence-electron chi connectivity index (χ4n) is 2.15. The van der Waals surface area contributed by atoms with Crippen molar-refractivity contribution >= 4 is 15.9 Å². The zero-order chi connectivity index (χ0) is 17.6. The third-order valence-electron chi connectivity index (χ3n) is 3.42. The van der Waals surface area contributed by atoms with E-state index in [9.17, 15) is 13.2 Å². The summed E-state index contributed by atoms with van der Waals surface area (Å²) in [4.78, 5) is 12.0. The number of carbonyl (C=O) groups is 1. The highest BCUT2D eigenvalue weighted by Gasteiger charge is 2.15. The van der Waals surface area contributed by atoms with E-state index < -0.39 is 10.0 Å². The van der Waals surface area contributed by atoms with Gasteiger partial charge in [-0.1, -0.05) is 18.2 Å². The number of rotatable bonds is 7. The SMILES string of the molecule is COc1ccc(S(=O)(=O)NCCNC(=O)c2ccccc2)cc1C. The molecular weight excluding hydrogens is 328 g/mol. The first-order valence-electron chi connectivity index (χ1n) is 7.41. The van der Waals surface area contributed by atoms with Gasteiger partial charge in [-0.3, -0.25) is 4.79 Å². The van der Waals surface area contributed by atoms with E-state index in [2.05, 4.69) is 10.0 Å². The van der Waals surface area contributed by atoms with Gasteiger partial charge in [-0.05, 0) is 42.8 Å². The summed E-state index contributed by atoms with van der Waals surface area (Å²) in [6, 6.07) is 13.4. The summed E-state index contributed by atoms with van der Waals surface area (Å²) < 4.78 is 32.0. The van der Waals surface area contributed by atoms with Gasteiger partial charge < -0.3 is 10.1 Å². The lowest BCUT2D eigenvalue weighted by Gasteiger charge is -2.10. The van der Waals surface area contributed by atoms with Crippen LogP contribution in [0.3, 0.4) is 0 Å². The lowest BCUT2D eigenvalue weighted by Crippen LogP contribution is -2.34. The van der Waals surface area contributed by atoms with Crippen molar-refractivity contribution in [1.29, 1.82) is 0 Å². The van der Waals surface area contributed by atoms with E-state index in [1.54, 1.807) is 43.3 Å². The zero-order valence-electron chi connectivity index (χ0n) is 13.6. The van der Waals surface area contributed by atoms with Crippen LogP contribution in [0, 0.1) is 6.92 Å². The number of nitrogens with one attached hydrogen (secondary N) is 2. The van der Waals surface area contributed by atoms with Gasteiger partial charge in [0.25, 0.3) is 5.91 Å². The Morgan fingerprint density at radius 1 is 1.08 bits per heavy atom. The van der Waals surface area contributed by atoms with E-state index >= 15 is 0 Å². The van der Waals surface area contributed by atoms with Gasteiger partial charge in [-0.15, -0.1) is 0 Å². The monoisotopic (exact) mass is 348 g/mol. The lowest BCUT2D eigenvalue weighted by atomic mass is 10.2. The number of aryl methyl sites for hydroxylation is 1. The fourth-order valence-corrected chi connectivity index (χ4v) is 3.27. The van der Waals surface area contributed by atoms with Crippen LogP contribution in [0.4, 0.5) is 0 Å². The van der Waals surface area contributed by atoms with E-state index in [1.807, 2.05) is 6.07 Å². The summed E-state index contributed by atoms with van der Waals surface area (Å²) in [7, 11) is -2.10. The van der Waals surface area contributed by atoms with E-state index in [-0.39, 0.29) is 23.9 Å². The molecule has 2 aromatic rings. The largest absolute Gasteiger partial charge is 0.496 e. The first kappa shape index (κ1) is 18.0. The second-order valence-corrected chi connectivity index (χ2v) is 6.92. The molecule has 0 aliphatic rings. The van der Waals surface area contributed by atoms with Crippen LogP contribution < -0.4 is 14.8 Å². The van der Waals surface area contributed by atoms with Gasteiger partial charge in [-0.25, -0.2) is 13.1 Å². The molecule has 128 valence electrons. The second kappa shape index (κ2) is 7.94. The minimum Gasteiger partial charge on any atom is -0.496 e. The molecule has 6 nitrogen and oxygen atoms in total. The third-order valence-corrected chi connectivity index (χ3v) is 4.87. The molecule has 0 radical (unpaired) electrons. The number of methoxy groups -OCH3 is 1. The van der Waals surface area contributed by atoms with Crippen LogP contribution in [0.15, 0.2) is 53.4 Å². The smallest absolute Gasteiger partial charge is 0.251 e. The van der Waals surface area contributed by atoms with Crippen LogP contribution in [-0.2, 0) is 10.0 Å². The predicted molar refractivity (Wildman–Crippen MR) is 91.7 cm³/mol. The standard InChI is InChI=1S/C17H20N2O4S/c1-13-12-15(8-9-16(13)23-2)24(21,22)19-11-10-18-17(20)14-6-4-3-5-7-14/h3-9,12,19H,10-11H2,1-2H3,(H,18,20). The van der Waals surface area contributed by atoms with Crippen molar-refractivity contribution in [2.75, 3.05) is 20.2 Å². The minimum absolute atomic E-state index is 0.103. The van der Waals surface area contributed by atoms with E-state index in [1.165, 1.54) is 13.2 Å². The van der Waals surface area contributed by atoms with Gasteiger partial charge >= 0.3 is 0 Å². The molecule has 2 aromatic carbocycles. The molecule has 2 rings (SSSR count). The van der Waals surface area contributed by atoms with Gasteiger partial charge in [0.05, 0.1) is 12.0 Å². The highest BCUT2D eigenvalue weighted by Crippen LogP contribution is 2.21. The van der Waals surface area contributed by atoms with Gasteiger partial charge in [-0.2, -0.15) is 0 Å². The van der Waals surface area contributed by atoms with Gasteiger partial charge in [0.1, 0.15) is 5.75 Å². The van der Waals surface area contributed by atoms with Crippen molar-refractivity contribution in [3.63, 3.8) is 0 Å². The van der Waals surface area contributed by atoms with Gasteiger partial charge in [0.15, 0.2) is 0 Å². The Bertz CT molecular complexity index is 805. The Morgan fingerprint density at radius 3 is 2.42 bits per heavy atom. The molecule has 24 heavy (non-hydrogen) atoms. The Labute approximate surface area is 141 Å². The average Bonchev–Trinajstić information content (AvgIpc) is 2.59. The first-order valence-corrected chi connectivity index (χ1v) is 8.90. The maximum absolute atomic E-state index is 12.2. The molecule has 0 aliphatic carbocycles. The molecule has 0 atom stereocenters. The molecule has 0 saturated carbocycles.